The number of nitrogens with zero attached hydrogens (tertiary/aromatic N) is 3. The van der Waals surface area contributed by atoms with Gasteiger partial charge in [-0.1, -0.05) is 24.3 Å². The number of aromatic nitrogens is 3. The molecule has 20 heavy (non-hydrogen) atoms. The average molecular weight is 277 g/mol. The summed E-state index contributed by atoms with van der Waals surface area (Å²) in [4.78, 5) is 4.30. The van der Waals surface area contributed by atoms with Crippen LogP contribution in [0.4, 0.5) is 4.39 Å². The molecule has 0 radical (unpaired) electrons. The van der Waals surface area contributed by atoms with E-state index in [9.17, 15) is 4.39 Å². The van der Waals surface area contributed by atoms with E-state index >= 15 is 0 Å². The first kappa shape index (κ1) is 13.5. The molecule has 0 bridgehead atoms. The summed E-state index contributed by atoms with van der Waals surface area (Å²) in [6.45, 7) is 4.27. The molecular formula is C15H20FN3O. The Morgan fingerprint density at radius 3 is 3.00 bits per heavy atom. The van der Waals surface area contributed by atoms with E-state index in [0.717, 1.165) is 6.42 Å². The minimum absolute atomic E-state index is 0.0708. The quantitative estimate of drug-likeness (QED) is 0.848. The second kappa shape index (κ2) is 5.48. The zero-order valence-corrected chi connectivity index (χ0v) is 11.9. The van der Waals surface area contributed by atoms with Gasteiger partial charge < -0.3 is 4.74 Å². The third-order valence-corrected chi connectivity index (χ3v) is 3.80. The molecule has 4 nitrogen and oxygen atoms in total. The number of hydrogen-bond donors (Lipinski definition) is 0. The molecule has 0 aromatic carbocycles. The van der Waals surface area contributed by atoms with Crippen LogP contribution in [0.1, 0.15) is 50.6 Å². The molecule has 1 aliphatic carbocycles. The van der Waals surface area contributed by atoms with Gasteiger partial charge in [-0.15, -0.1) is 0 Å². The zero-order chi connectivity index (χ0) is 14.1. The molecule has 1 unspecified atom stereocenters. The van der Waals surface area contributed by atoms with Crippen LogP contribution in [0.2, 0.25) is 0 Å². The Morgan fingerprint density at radius 1 is 1.45 bits per heavy atom. The lowest BCUT2D eigenvalue weighted by Gasteiger charge is -2.21. The van der Waals surface area contributed by atoms with Crippen molar-refractivity contribution < 1.29 is 9.13 Å². The summed E-state index contributed by atoms with van der Waals surface area (Å²) in [5.74, 6) is 1.34. The van der Waals surface area contributed by atoms with Crippen molar-refractivity contribution in [3.63, 3.8) is 0 Å². The van der Waals surface area contributed by atoms with Crippen LogP contribution in [0.15, 0.2) is 24.3 Å². The van der Waals surface area contributed by atoms with Crippen LogP contribution in [0.3, 0.4) is 0 Å². The Hall–Kier alpha value is -1.49. The minimum atomic E-state index is -1.01. The molecule has 108 valence electrons. The largest absolute Gasteiger partial charge is 0.371 e. The van der Waals surface area contributed by atoms with Crippen LogP contribution in [0, 0.1) is 5.92 Å². The van der Waals surface area contributed by atoms with Gasteiger partial charge in [0.25, 0.3) is 0 Å². The molecule has 0 saturated carbocycles. The van der Waals surface area contributed by atoms with Crippen LogP contribution < -0.4 is 0 Å². The Bertz CT molecular complexity index is 535. The summed E-state index contributed by atoms with van der Waals surface area (Å²) in [6, 6.07) is 0.0708. The smallest absolute Gasteiger partial charge is 0.176 e. The van der Waals surface area contributed by atoms with Crippen molar-refractivity contribution in [3.05, 3.63) is 36.0 Å². The molecule has 0 spiro atoms. The molecular weight excluding hydrogens is 257 g/mol. The van der Waals surface area contributed by atoms with Gasteiger partial charge in [0, 0.05) is 12.3 Å². The molecule has 5 heteroatoms. The van der Waals surface area contributed by atoms with E-state index < -0.39 is 6.17 Å². The lowest BCUT2D eigenvalue weighted by Crippen LogP contribution is -2.16. The molecule has 3 atom stereocenters. The van der Waals surface area contributed by atoms with Crippen LogP contribution in [0.5, 0.6) is 0 Å². The van der Waals surface area contributed by atoms with Crippen molar-refractivity contribution in [2.24, 2.45) is 5.92 Å². The lowest BCUT2D eigenvalue weighted by atomic mass is 9.91. The van der Waals surface area contributed by atoms with E-state index in [1.807, 2.05) is 26.0 Å². The van der Waals surface area contributed by atoms with E-state index in [2.05, 4.69) is 22.2 Å². The SMILES string of the molecule is CC(C)OCc1nc2n(n1)[C@H](C1C=CC=CC1)C[C@@H]2F. The van der Waals surface area contributed by atoms with Crippen molar-refractivity contribution in [1.29, 1.82) is 0 Å². The number of alkyl halides is 1. The maximum Gasteiger partial charge on any atom is 0.176 e. The fourth-order valence-corrected chi connectivity index (χ4v) is 2.80. The van der Waals surface area contributed by atoms with Gasteiger partial charge in [-0.2, -0.15) is 5.10 Å². The van der Waals surface area contributed by atoms with Gasteiger partial charge in [0.2, 0.25) is 0 Å². The fourth-order valence-electron chi connectivity index (χ4n) is 2.80. The third-order valence-electron chi connectivity index (χ3n) is 3.80. The molecule has 1 aliphatic heterocycles. The summed E-state index contributed by atoms with van der Waals surface area (Å²) >= 11 is 0. The van der Waals surface area contributed by atoms with Gasteiger partial charge in [-0.25, -0.2) is 14.1 Å². The van der Waals surface area contributed by atoms with Gasteiger partial charge in [0.1, 0.15) is 6.61 Å². The van der Waals surface area contributed by atoms with Crippen molar-refractivity contribution in [1.82, 2.24) is 14.8 Å². The van der Waals surface area contributed by atoms with Gasteiger partial charge in [-0.05, 0) is 20.3 Å². The highest BCUT2D eigenvalue weighted by molar-refractivity contribution is 5.15. The maximum absolute atomic E-state index is 14.1. The second-order valence-electron chi connectivity index (χ2n) is 5.67. The van der Waals surface area contributed by atoms with Gasteiger partial charge in [0.05, 0.1) is 12.1 Å². The normalized spacial score (nSPS) is 28.3. The van der Waals surface area contributed by atoms with Gasteiger partial charge in [-0.3, -0.25) is 0 Å². The molecule has 0 saturated heterocycles. The Kier molecular flexibility index (Phi) is 3.70. The van der Waals surface area contributed by atoms with E-state index in [1.54, 1.807) is 4.68 Å². The number of hydrogen-bond acceptors (Lipinski definition) is 3. The summed E-state index contributed by atoms with van der Waals surface area (Å²) in [7, 11) is 0. The fraction of sp³-hybridized carbons (Fsp3) is 0.600. The summed E-state index contributed by atoms with van der Waals surface area (Å²) in [5, 5.41) is 4.45. The monoisotopic (exact) mass is 277 g/mol. The number of allylic oxidation sites excluding steroid dienone is 4. The first-order chi connectivity index (χ1) is 9.65. The Morgan fingerprint density at radius 2 is 2.30 bits per heavy atom. The zero-order valence-electron chi connectivity index (χ0n) is 11.9. The lowest BCUT2D eigenvalue weighted by molar-refractivity contribution is 0.0608. The van der Waals surface area contributed by atoms with E-state index in [0.29, 0.717) is 30.6 Å². The molecule has 3 rings (SSSR count). The van der Waals surface area contributed by atoms with Gasteiger partial charge in [0.15, 0.2) is 17.8 Å². The van der Waals surface area contributed by atoms with E-state index in [-0.39, 0.29) is 12.1 Å². The van der Waals surface area contributed by atoms with Gasteiger partial charge >= 0.3 is 0 Å². The summed E-state index contributed by atoms with van der Waals surface area (Å²) in [5.41, 5.74) is 0. The predicted molar refractivity (Wildman–Crippen MR) is 73.8 cm³/mol. The average Bonchev–Trinajstić information content (AvgIpc) is 2.98. The summed E-state index contributed by atoms with van der Waals surface area (Å²) < 4.78 is 21.4. The standard InChI is InChI=1S/C15H20FN3O/c1-10(2)20-9-14-17-15-12(16)8-13(19(15)18-14)11-6-4-3-5-7-11/h3-6,10-13H,7-9H2,1-2H3/t11?,12-,13-/m0/s1. The summed E-state index contributed by atoms with van der Waals surface area (Å²) in [6.07, 6.45) is 8.83. The highest BCUT2D eigenvalue weighted by Gasteiger charge is 2.37. The highest BCUT2D eigenvalue weighted by Crippen LogP contribution is 2.41. The Balaban J connectivity index is 1.78. The van der Waals surface area contributed by atoms with Crippen molar-refractivity contribution in [2.45, 2.75) is 51.6 Å². The molecule has 2 aliphatic rings. The van der Waals surface area contributed by atoms with Crippen LogP contribution in [-0.4, -0.2) is 20.9 Å². The Labute approximate surface area is 118 Å². The third kappa shape index (κ3) is 2.54. The molecule has 2 heterocycles. The topological polar surface area (TPSA) is 39.9 Å². The second-order valence-corrected chi connectivity index (χ2v) is 5.67. The van der Waals surface area contributed by atoms with Crippen LogP contribution in [-0.2, 0) is 11.3 Å². The molecule has 1 aromatic heterocycles. The number of ether oxygens (including phenoxy) is 1. The van der Waals surface area contributed by atoms with Crippen molar-refractivity contribution in [2.75, 3.05) is 0 Å². The maximum atomic E-state index is 14.1. The van der Waals surface area contributed by atoms with Crippen LogP contribution in [0.25, 0.3) is 0 Å². The molecule has 1 aromatic rings. The number of rotatable bonds is 4. The molecule has 0 fully saturated rings. The number of fused-ring (bicyclic) bond motifs is 1. The first-order valence-corrected chi connectivity index (χ1v) is 7.19. The number of halogens is 1. The molecule has 0 amide bonds. The van der Waals surface area contributed by atoms with E-state index in [4.69, 9.17) is 4.74 Å². The van der Waals surface area contributed by atoms with Crippen molar-refractivity contribution >= 4 is 0 Å². The first-order valence-electron chi connectivity index (χ1n) is 7.19. The minimum Gasteiger partial charge on any atom is -0.371 e. The van der Waals surface area contributed by atoms with E-state index in [1.165, 1.54) is 0 Å². The highest BCUT2D eigenvalue weighted by atomic mass is 19.1. The van der Waals surface area contributed by atoms with Crippen molar-refractivity contribution in [3.8, 4) is 0 Å². The van der Waals surface area contributed by atoms with Crippen LogP contribution >= 0.6 is 0 Å². The predicted octanol–water partition coefficient (Wildman–Crippen LogP) is 3.29. The molecule has 0 N–H and O–H groups in total.